The molecule has 5 aliphatic rings. The number of imide groups is 2. The lowest BCUT2D eigenvalue weighted by molar-refractivity contribution is -0.131. The molecular formula is C41H35ClFN3O6. The van der Waals surface area contributed by atoms with Gasteiger partial charge in [-0.05, 0) is 85.0 Å². The van der Waals surface area contributed by atoms with Gasteiger partial charge >= 0.3 is 0 Å². The van der Waals surface area contributed by atoms with Gasteiger partial charge in [-0.15, -0.1) is 0 Å². The number of allylic oxidation sites excluding steroid dienone is 2. The van der Waals surface area contributed by atoms with E-state index in [0.717, 1.165) is 46.1 Å². The van der Waals surface area contributed by atoms with E-state index in [1.165, 1.54) is 17.0 Å². The van der Waals surface area contributed by atoms with E-state index in [-0.39, 0.29) is 41.1 Å². The summed E-state index contributed by atoms with van der Waals surface area (Å²) < 4.78 is 19.7. The summed E-state index contributed by atoms with van der Waals surface area (Å²) in [6, 6.07) is 22.1. The molecule has 3 heterocycles. The number of phenolic OH excluding ortho intramolecular Hbond substituents is 1. The van der Waals surface area contributed by atoms with E-state index in [2.05, 4.69) is 4.90 Å². The Morgan fingerprint density at radius 3 is 2.29 bits per heavy atom. The van der Waals surface area contributed by atoms with E-state index in [9.17, 15) is 28.7 Å². The summed E-state index contributed by atoms with van der Waals surface area (Å²) in [6.07, 6.45) is 2.38. The van der Waals surface area contributed by atoms with Crippen LogP contribution in [0.3, 0.4) is 0 Å². The molecule has 9 nitrogen and oxygen atoms in total. The fourth-order valence-electron chi connectivity index (χ4n) is 9.67. The topological polar surface area (TPSA) is 107 Å². The van der Waals surface area contributed by atoms with Gasteiger partial charge in [-0.25, -0.2) is 9.29 Å². The fraction of sp³-hybridized carbons (Fsp3) is 0.317. The predicted molar refractivity (Wildman–Crippen MR) is 194 cm³/mol. The number of benzene rings is 4. The highest BCUT2D eigenvalue weighted by Gasteiger charge is 2.68. The third-order valence-corrected chi connectivity index (χ3v) is 12.4. The predicted octanol–water partition coefficient (Wildman–Crippen LogP) is 6.61. The maximum Gasteiger partial charge on any atom is 0.241 e. The molecule has 0 aromatic heterocycles. The number of carbonyl (C=O) groups excluding carboxylic acids is 4. The van der Waals surface area contributed by atoms with Gasteiger partial charge in [0, 0.05) is 30.3 Å². The molecule has 4 fully saturated rings. The Labute approximate surface area is 304 Å². The smallest absolute Gasteiger partial charge is 0.241 e. The first-order chi connectivity index (χ1) is 25.1. The van der Waals surface area contributed by atoms with Crippen molar-refractivity contribution in [1.82, 2.24) is 0 Å². The minimum Gasteiger partial charge on any atom is -0.508 e. The number of carbonyl (C=O) groups is 4. The van der Waals surface area contributed by atoms with Crippen molar-refractivity contribution in [1.29, 1.82) is 0 Å². The molecule has 6 atom stereocenters. The Kier molecular flexibility index (Phi) is 7.57. The van der Waals surface area contributed by atoms with Gasteiger partial charge < -0.3 is 14.7 Å². The van der Waals surface area contributed by atoms with E-state index in [1.54, 1.807) is 31.2 Å². The van der Waals surface area contributed by atoms with Gasteiger partial charge in [-0.2, -0.15) is 0 Å². The average Bonchev–Trinajstić information content (AvgIpc) is 3.53. The van der Waals surface area contributed by atoms with E-state index in [0.29, 0.717) is 24.5 Å². The maximum atomic E-state index is 14.8. The second kappa shape index (κ2) is 12.0. The van der Waals surface area contributed by atoms with Crippen molar-refractivity contribution < 1.29 is 33.4 Å². The van der Waals surface area contributed by atoms with Crippen LogP contribution in [-0.2, 0) is 23.9 Å². The maximum absolute atomic E-state index is 14.8. The molecule has 4 aromatic rings. The van der Waals surface area contributed by atoms with Crippen LogP contribution in [-0.4, -0.2) is 55.0 Å². The highest BCUT2D eigenvalue weighted by Crippen LogP contribution is 2.65. The number of amides is 4. The van der Waals surface area contributed by atoms with Crippen molar-refractivity contribution >= 4 is 63.1 Å². The van der Waals surface area contributed by atoms with E-state index < -0.39 is 52.6 Å². The molecular weight excluding hydrogens is 685 g/mol. The number of fused-ring (bicyclic) bond motifs is 5. The van der Waals surface area contributed by atoms with Crippen LogP contribution >= 0.6 is 11.6 Å². The minimum absolute atomic E-state index is 0.0355. The van der Waals surface area contributed by atoms with Crippen LogP contribution in [0.4, 0.5) is 21.5 Å². The Morgan fingerprint density at radius 2 is 1.54 bits per heavy atom. The number of ether oxygens (including phenoxy) is 1. The molecule has 1 saturated carbocycles. The molecule has 3 aliphatic heterocycles. The monoisotopic (exact) mass is 719 g/mol. The van der Waals surface area contributed by atoms with Crippen LogP contribution in [0.2, 0.25) is 5.02 Å². The molecule has 4 aromatic carbocycles. The SMILES string of the molecule is C[C@@]12C(=O)N(c3ccc(F)c(Cl)c3)C(=O)[C@@H]1C[C@@H]1C(=CC[C@@H]3C(=O)N(c4ccc(N5CCOCC5)cc4)C(=O)[C@@H]31)[C@@H]2c1c(O)ccc2ccccc12. The second-order valence-electron chi connectivity index (χ2n) is 14.6. The fourth-order valence-corrected chi connectivity index (χ4v) is 9.84. The van der Waals surface area contributed by atoms with Crippen molar-refractivity contribution in [3.63, 3.8) is 0 Å². The molecule has 264 valence electrons. The average molecular weight is 720 g/mol. The van der Waals surface area contributed by atoms with Crippen molar-refractivity contribution in [2.75, 3.05) is 41.0 Å². The molecule has 11 heteroatoms. The van der Waals surface area contributed by atoms with Crippen LogP contribution in [0.5, 0.6) is 5.75 Å². The molecule has 0 unspecified atom stereocenters. The molecule has 52 heavy (non-hydrogen) atoms. The largest absolute Gasteiger partial charge is 0.508 e. The summed E-state index contributed by atoms with van der Waals surface area (Å²) in [4.78, 5) is 62.6. The lowest BCUT2D eigenvalue weighted by atomic mass is 9.51. The number of morpholine rings is 1. The highest BCUT2D eigenvalue weighted by atomic mass is 35.5. The van der Waals surface area contributed by atoms with Crippen molar-refractivity contribution in [2.45, 2.75) is 25.7 Å². The summed E-state index contributed by atoms with van der Waals surface area (Å²) in [5.74, 6) is -6.06. The van der Waals surface area contributed by atoms with Crippen LogP contribution in [0.1, 0.15) is 31.2 Å². The zero-order valence-corrected chi connectivity index (χ0v) is 29.1. The van der Waals surface area contributed by atoms with Gasteiger partial charge in [0.05, 0.1) is 52.8 Å². The molecule has 2 aliphatic carbocycles. The number of phenols is 1. The van der Waals surface area contributed by atoms with Crippen LogP contribution in [0.15, 0.2) is 90.5 Å². The first kappa shape index (κ1) is 32.8. The van der Waals surface area contributed by atoms with E-state index in [1.807, 2.05) is 42.5 Å². The summed E-state index contributed by atoms with van der Waals surface area (Å²) in [6.45, 7) is 4.52. The second-order valence-corrected chi connectivity index (χ2v) is 15.0. The number of nitrogens with zero attached hydrogens (tertiary/aromatic N) is 3. The number of hydrogen-bond acceptors (Lipinski definition) is 7. The molecule has 0 radical (unpaired) electrons. The number of aromatic hydroxyl groups is 1. The minimum atomic E-state index is -1.39. The van der Waals surface area contributed by atoms with Crippen LogP contribution in [0, 0.1) is 34.9 Å². The first-order valence-electron chi connectivity index (χ1n) is 17.6. The van der Waals surface area contributed by atoms with Crippen LogP contribution < -0.4 is 14.7 Å². The van der Waals surface area contributed by atoms with Gasteiger partial charge in [-0.1, -0.05) is 53.6 Å². The summed E-state index contributed by atoms with van der Waals surface area (Å²) in [5, 5.41) is 13.0. The first-order valence-corrected chi connectivity index (χ1v) is 18.0. The van der Waals surface area contributed by atoms with Gasteiger partial charge in [0.15, 0.2) is 0 Å². The van der Waals surface area contributed by atoms with E-state index in [4.69, 9.17) is 16.3 Å². The molecule has 4 amide bonds. The molecule has 3 saturated heterocycles. The Balaban J connectivity index is 1.16. The third kappa shape index (κ3) is 4.63. The molecule has 0 spiro atoms. The summed E-state index contributed by atoms with van der Waals surface area (Å²) in [7, 11) is 0. The lowest BCUT2D eigenvalue weighted by Gasteiger charge is -2.49. The van der Waals surface area contributed by atoms with Gasteiger partial charge in [0.2, 0.25) is 23.6 Å². The summed E-state index contributed by atoms with van der Waals surface area (Å²) >= 11 is 6.14. The Morgan fingerprint density at radius 1 is 0.827 bits per heavy atom. The highest BCUT2D eigenvalue weighted by molar-refractivity contribution is 6.32. The Bertz CT molecular complexity index is 2240. The molecule has 1 N–H and O–H groups in total. The third-order valence-electron chi connectivity index (χ3n) is 12.2. The van der Waals surface area contributed by atoms with Gasteiger partial charge in [-0.3, -0.25) is 24.1 Å². The van der Waals surface area contributed by atoms with Crippen molar-refractivity contribution in [2.24, 2.45) is 29.1 Å². The quantitative estimate of drug-likeness (QED) is 0.187. The Hall–Kier alpha value is -5.06. The number of rotatable bonds is 4. The lowest BCUT2D eigenvalue weighted by Crippen LogP contribution is -2.49. The van der Waals surface area contributed by atoms with Crippen LogP contribution in [0.25, 0.3) is 10.8 Å². The van der Waals surface area contributed by atoms with Crippen molar-refractivity contribution in [3.8, 4) is 5.75 Å². The molecule has 0 bridgehead atoms. The number of anilines is 3. The number of hydrogen-bond donors (Lipinski definition) is 1. The van der Waals surface area contributed by atoms with E-state index >= 15 is 0 Å². The zero-order chi connectivity index (χ0) is 36.1. The zero-order valence-electron chi connectivity index (χ0n) is 28.3. The number of halogens is 2. The van der Waals surface area contributed by atoms with Crippen molar-refractivity contribution in [3.05, 3.63) is 107 Å². The summed E-state index contributed by atoms with van der Waals surface area (Å²) in [5.41, 5.74) is 1.47. The van der Waals surface area contributed by atoms with Gasteiger partial charge in [0.25, 0.3) is 0 Å². The van der Waals surface area contributed by atoms with Gasteiger partial charge in [0.1, 0.15) is 11.6 Å². The standard InChI is InChI=1S/C41H35ClFN3O6/c1-41-30(38(49)46(40(41)51)25-11-14-32(43)31(42)20-25)21-29-27(36(41)35-26-5-3-2-4-22(26)6-15-33(35)47)12-13-28-34(29)39(50)45(37(28)48)24-9-7-23(8-10-24)44-16-18-52-19-17-44/h2-12,14-15,20,28-30,34,36,47H,13,16-19,21H2,1H3/t28-,29+,30-,34-,36+,41+/m0/s1. The normalized spacial score (nSPS) is 28.6. The molecule has 9 rings (SSSR count).